The second-order valence-electron chi connectivity index (χ2n) is 5.06. The lowest BCUT2D eigenvalue weighted by molar-refractivity contribution is -0.128. The van der Waals surface area contributed by atoms with E-state index >= 15 is 0 Å². The molecule has 3 heterocycles. The Morgan fingerprint density at radius 1 is 1.45 bits per heavy atom. The van der Waals surface area contributed by atoms with Crippen LogP contribution in [0.4, 0.5) is 5.95 Å². The molecule has 1 fully saturated rings. The third-order valence-corrected chi connectivity index (χ3v) is 3.58. The highest BCUT2D eigenvalue weighted by Gasteiger charge is 2.37. The van der Waals surface area contributed by atoms with Crippen molar-refractivity contribution in [3.05, 3.63) is 5.82 Å². The van der Waals surface area contributed by atoms with Crippen LogP contribution in [0.1, 0.15) is 24.0 Å². The first-order valence-corrected chi connectivity index (χ1v) is 6.94. The van der Waals surface area contributed by atoms with Crippen LogP contribution in [0, 0.1) is 5.92 Å². The number of anilines is 1. The van der Waals surface area contributed by atoms with E-state index in [-0.39, 0.29) is 23.6 Å². The Balaban J connectivity index is 1.61. The number of hydrogen-bond acceptors (Lipinski definition) is 5. The van der Waals surface area contributed by atoms with Gasteiger partial charge in [-0.3, -0.25) is 9.59 Å². The molecule has 2 amide bonds. The molecular formula is C12H18N6O2. The van der Waals surface area contributed by atoms with Gasteiger partial charge >= 0.3 is 0 Å². The summed E-state index contributed by atoms with van der Waals surface area (Å²) >= 11 is 0. The Bertz CT molecular complexity index is 511. The number of carbonyl (C=O) groups excluding carboxylic acids is 2. The maximum Gasteiger partial charge on any atom is 0.293 e. The van der Waals surface area contributed by atoms with Gasteiger partial charge < -0.3 is 15.5 Å². The summed E-state index contributed by atoms with van der Waals surface area (Å²) in [4.78, 5) is 29.6. The first-order valence-electron chi connectivity index (χ1n) is 6.94. The smallest absolute Gasteiger partial charge is 0.293 e. The molecule has 0 aromatic carbocycles. The molecule has 3 rings (SSSR count). The van der Waals surface area contributed by atoms with Gasteiger partial charge in [-0.2, -0.15) is 4.98 Å². The number of hydrogen-bond donors (Lipinski definition) is 2. The number of aromatic nitrogens is 3. The van der Waals surface area contributed by atoms with Gasteiger partial charge in [-0.15, -0.1) is 5.10 Å². The van der Waals surface area contributed by atoms with E-state index in [4.69, 9.17) is 0 Å². The van der Waals surface area contributed by atoms with Crippen molar-refractivity contribution in [1.82, 2.24) is 25.0 Å². The van der Waals surface area contributed by atoms with E-state index in [2.05, 4.69) is 20.7 Å². The predicted molar refractivity (Wildman–Crippen MR) is 71.2 cm³/mol. The average molecular weight is 278 g/mol. The summed E-state index contributed by atoms with van der Waals surface area (Å²) in [6.07, 6.45) is 0.979. The molecule has 0 radical (unpaired) electrons. The van der Waals surface area contributed by atoms with Crippen LogP contribution in [-0.2, 0) is 11.3 Å². The van der Waals surface area contributed by atoms with Crippen LogP contribution in [0.5, 0.6) is 0 Å². The molecule has 8 nitrogen and oxygen atoms in total. The van der Waals surface area contributed by atoms with Crippen molar-refractivity contribution >= 4 is 17.8 Å². The van der Waals surface area contributed by atoms with Gasteiger partial charge in [0.15, 0.2) is 0 Å². The molecule has 1 aromatic rings. The zero-order chi connectivity index (χ0) is 14.1. The van der Waals surface area contributed by atoms with Gasteiger partial charge in [-0.1, -0.05) is 0 Å². The van der Waals surface area contributed by atoms with Crippen LogP contribution in [0.2, 0.25) is 0 Å². The highest BCUT2D eigenvalue weighted by molar-refractivity contribution is 5.93. The Labute approximate surface area is 116 Å². The van der Waals surface area contributed by atoms with E-state index in [9.17, 15) is 9.59 Å². The second kappa shape index (κ2) is 5.10. The van der Waals surface area contributed by atoms with Crippen LogP contribution < -0.4 is 10.6 Å². The van der Waals surface area contributed by atoms with Crippen LogP contribution in [0.15, 0.2) is 0 Å². The monoisotopic (exact) mass is 278 g/mol. The maximum atomic E-state index is 12.2. The number of nitrogens with one attached hydrogen (secondary N) is 2. The van der Waals surface area contributed by atoms with Gasteiger partial charge in [0, 0.05) is 32.7 Å². The van der Waals surface area contributed by atoms with Gasteiger partial charge in [0.2, 0.25) is 17.7 Å². The lowest BCUT2D eigenvalue weighted by atomic mass is 9.99. The topological polar surface area (TPSA) is 92.2 Å². The minimum atomic E-state index is -0.200. The zero-order valence-electron chi connectivity index (χ0n) is 11.4. The van der Waals surface area contributed by atoms with Gasteiger partial charge in [-0.05, 0) is 13.3 Å². The quantitative estimate of drug-likeness (QED) is 0.763. The molecule has 0 unspecified atom stereocenters. The lowest BCUT2D eigenvalue weighted by Gasteiger charge is -2.37. The van der Waals surface area contributed by atoms with Crippen molar-refractivity contribution in [3.8, 4) is 0 Å². The molecule has 0 spiro atoms. The van der Waals surface area contributed by atoms with E-state index in [1.165, 1.54) is 0 Å². The third-order valence-electron chi connectivity index (χ3n) is 3.58. The van der Waals surface area contributed by atoms with Crippen molar-refractivity contribution in [2.75, 3.05) is 31.5 Å². The molecule has 8 heteroatoms. The molecule has 0 atom stereocenters. The van der Waals surface area contributed by atoms with Crippen LogP contribution in [0.3, 0.4) is 0 Å². The molecule has 0 bridgehead atoms. The number of aryl methyl sites for hydroxylation is 1. The van der Waals surface area contributed by atoms with Gasteiger partial charge in [-0.25, -0.2) is 4.68 Å². The molecule has 0 aliphatic carbocycles. The minimum absolute atomic E-state index is 0.00955. The van der Waals surface area contributed by atoms with Crippen molar-refractivity contribution < 1.29 is 9.59 Å². The SMILES string of the molecule is CCNC(=O)C1CN(C(=O)c2nc3n(n2)CCCN3)C1. The Kier molecular flexibility index (Phi) is 3.29. The normalized spacial score (nSPS) is 17.9. The van der Waals surface area contributed by atoms with Crippen molar-refractivity contribution in [2.24, 2.45) is 5.92 Å². The van der Waals surface area contributed by atoms with E-state index in [1.54, 1.807) is 9.58 Å². The van der Waals surface area contributed by atoms with Crippen molar-refractivity contribution in [2.45, 2.75) is 19.9 Å². The summed E-state index contributed by atoms with van der Waals surface area (Å²) in [5.41, 5.74) is 0. The number of likely N-dealkylation sites (tertiary alicyclic amines) is 1. The highest BCUT2D eigenvalue weighted by Crippen LogP contribution is 2.19. The fourth-order valence-electron chi connectivity index (χ4n) is 2.42. The van der Waals surface area contributed by atoms with Crippen LogP contribution in [0.25, 0.3) is 0 Å². The first kappa shape index (κ1) is 12.9. The maximum absolute atomic E-state index is 12.2. The number of nitrogens with zero attached hydrogens (tertiary/aromatic N) is 4. The van der Waals surface area contributed by atoms with E-state index in [0.29, 0.717) is 25.6 Å². The molecule has 2 N–H and O–H groups in total. The molecule has 2 aliphatic heterocycles. The number of fused-ring (bicyclic) bond motifs is 1. The van der Waals surface area contributed by atoms with Gasteiger partial charge in [0.25, 0.3) is 5.91 Å². The summed E-state index contributed by atoms with van der Waals surface area (Å²) in [7, 11) is 0. The largest absolute Gasteiger partial charge is 0.356 e. The molecule has 108 valence electrons. The molecule has 1 saturated heterocycles. The van der Waals surface area contributed by atoms with Gasteiger partial charge in [0.1, 0.15) is 0 Å². The molecular weight excluding hydrogens is 260 g/mol. The average Bonchev–Trinajstić information content (AvgIpc) is 2.80. The van der Waals surface area contributed by atoms with E-state index in [0.717, 1.165) is 19.5 Å². The van der Waals surface area contributed by atoms with Crippen LogP contribution >= 0.6 is 0 Å². The van der Waals surface area contributed by atoms with Crippen molar-refractivity contribution in [3.63, 3.8) is 0 Å². The zero-order valence-corrected chi connectivity index (χ0v) is 11.4. The van der Waals surface area contributed by atoms with Crippen LogP contribution in [-0.4, -0.2) is 57.7 Å². The minimum Gasteiger partial charge on any atom is -0.356 e. The molecule has 2 aliphatic rings. The summed E-state index contributed by atoms with van der Waals surface area (Å²) in [5, 5.41) is 10.1. The summed E-state index contributed by atoms with van der Waals surface area (Å²) in [6, 6.07) is 0. The number of amides is 2. The summed E-state index contributed by atoms with van der Waals surface area (Å²) in [6.45, 7) is 5.03. The van der Waals surface area contributed by atoms with Crippen molar-refractivity contribution in [1.29, 1.82) is 0 Å². The number of carbonyl (C=O) groups is 2. The molecule has 0 saturated carbocycles. The number of rotatable bonds is 3. The lowest BCUT2D eigenvalue weighted by Crippen LogP contribution is -2.55. The highest BCUT2D eigenvalue weighted by atomic mass is 16.2. The standard InChI is InChI=1S/C12H18N6O2/c1-2-13-10(19)8-6-17(7-8)11(20)9-15-12-14-4-3-5-18(12)16-9/h8H,2-7H2,1H3,(H,13,19)(H,14,15,16). The van der Waals surface area contributed by atoms with E-state index in [1.807, 2.05) is 6.92 Å². The Hall–Kier alpha value is -2.12. The predicted octanol–water partition coefficient (Wildman–Crippen LogP) is -0.698. The Morgan fingerprint density at radius 3 is 2.95 bits per heavy atom. The first-order chi connectivity index (χ1) is 9.69. The fourth-order valence-corrected chi connectivity index (χ4v) is 2.42. The third kappa shape index (κ3) is 2.21. The fraction of sp³-hybridized carbons (Fsp3) is 0.667. The summed E-state index contributed by atoms with van der Waals surface area (Å²) in [5.74, 6) is 0.572. The molecule has 20 heavy (non-hydrogen) atoms. The van der Waals surface area contributed by atoms with Gasteiger partial charge in [0.05, 0.1) is 5.92 Å². The summed E-state index contributed by atoms with van der Waals surface area (Å²) < 4.78 is 1.72. The van der Waals surface area contributed by atoms with E-state index < -0.39 is 0 Å². The molecule has 1 aromatic heterocycles. The Morgan fingerprint density at radius 2 is 2.25 bits per heavy atom. The second-order valence-corrected chi connectivity index (χ2v) is 5.06.